The lowest BCUT2D eigenvalue weighted by atomic mass is 10.0. The maximum Gasteiger partial charge on any atom is 0.323 e. The van der Waals surface area contributed by atoms with Crippen molar-refractivity contribution < 1.29 is 14.3 Å². The van der Waals surface area contributed by atoms with Crippen LogP contribution < -0.4 is 20.9 Å². The van der Waals surface area contributed by atoms with Crippen LogP contribution in [-0.4, -0.2) is 53.2 Å². The quantitative estimate of drug-likeness (QED) is 0.240. The topological polar surface area (TPSA) is 121 Å². The molecular formula is C32H29N7O3. The first kappa shape index (κ1) is 26.9. The normalized spacial score (nSPS) is 13.0. The minimum Gasteiger partial charge on any atom is -0.378 e. The number of hydrogen-bond donors (Lipinski definition) is 3. The average molecular weight is 560 g/mol. The first-order valence-electron chi connectivity index (χ1n) is 13.6. The number of aromatic nitrogens is 3. The third kappa shape index (κ3) is 6.18. The van der Waals surface area contributed by atoms with Crippen LogP contribution in [-0.2, 0) is 9.53 Å². The van der Waals surface area contributed by atoms with E-state index < -0.39 is 0 Å². The van der Waals surface area contributed by atoms with Crippen molar-refractivity contribution in [2.75, 3.05) is 47.2 Å². The van der Waals surface area contributed by atoms with Gasteiger partial charge in [-0.1, -0.05) is 12.1 Å². The van der Waals surface area contributed by atoms with E-state index >= 15 is 0 Å². The van der Waals surface area contributed by atoms with Gasteiger partial charge in [-0.3, -0.25) is 9.78 Å². The number of nitrogens with zero attached hydrogens (tertiary/aromatic N) is 4. The van der Waals surface area contributed by atoms with E-state index in [1.165, 1.54) is 6.92 Å². The molecule has 6 rings (SSSR count). The molecule has 10 nitrogen and oxygen atoms in total. The fraction of sp³-hybridized carbons (Fsp3) is 0.156. The Morgan fingerprint density at radius 1 is 0.762 bits per heavy atom. The van der Waals surface area contributed by atoms with E-state index in [1.54, 1.807) is 30.5 Å². The number of carbonyl (C=O) groups is 2. The summed E-state index contributed by atoms with van der Waals surface area (Å²) in [5.74, 6) is 1.32. The molecule has 1 aliphatic heterocycles. The Labute approximate surface area is 242 Å². The number of anilines is 4. The van der Waals surface area contributed by atoms with Crippen LogP contribution in [0.2, 0.25) is 0 Å². The molecule has 0 spiro atoms. The van der Waals surface area contributed by atoms with Crippen LogP contribution in [0.5, 0.6) is 0 Å². The molecule has 42 heavy (non-hydrogen) atoms. The number of nitrogens with one attached hydrogen (secondary N) is 3. The first-order valence-corrected chi connectivity index (χ1v) is 13.6. The number of fused-ring (bicyclic) bond motifs is 1. The number of hydrogen-bond acceptors (Lipinski definition) is 7. The van der Waals surface area contributed by atoms with Gasteiger partial charge in [0.15, 0.2) is 5.82 Å². The molecule has 1 saturated heterocycles. The van der Waals surface area contributed by atoms with E-state index in [1.807, 2.05) is 42.6 Å². The highest BCUT2D eigenvalue weighted by molar-refractivity contribution is 6.00. The van der Waals surface area contributed by atoms with Crippen molar-refractivity contribution in [1.82, 2.24) is 15.0 Å². The van der Waals surface area contributed by atoms with Crippen molar-refractivity contribution in [3.05, 3.63) is 91.3 Å². The second-order valence-corrected chi connectivity index (χ2v) is 9.86. The number of rotatable bonds is 6. The molecule has 0 radical (unpaired) electrons. The molecule has 0 saturated carbocycles. The standard InChI is InChI=1S/C32H29N7O3/c1-21(40)34-25-9-11-27(12-10-25)36-32(41)35-26-7-4-22(5-8-26)30-37-29-19-23(24-3-2-14-33-20-24)6-13-28(29)31(38-30)39-15-17-42-18-16-39/h2-14,19-20H,15-18H2,1H3,(H,34,40)(H2,35,36,41). The Balaban J connectivity index is 1.24. The second kappa shape index (κ2) is 12.0. The molecule has 210 valence electrons. The molecular weight excluding hydrogens is 530 g/mol. The third-order valence-corrected chi connectivity index (χ3v) is 6.85. The summed E-state index contributed by atoms with van der Waals surface area (Å²) in [4.78, 5) is 40.2. The molecule has 0 bridgehead atoms. The fourth-order valence-corrected chi connectivity index (χ4v) is 4.81. The smallest absolute Gasteiger partial charge is 0.323 e. The predicted octanol–water partition coefficient (Wildman–Crippen LogP) is 5.80. The molecule has 3 heterocycles. The Hall–Kier alpha value is -5.35. The molecule has 0 atom stereocenters. The number of pyridine rings is 1. The van der Waals surface area contributed by atoms with Crippen LogP contribution in [0.1, 0.15) is 6.92 Å². The number of morpholine rings is 1. The second-order valence-electron chi connectivity index (χ2n) is 9.86. The molecule has 3 amide bonds. The van der Waals surface area contributed by atoms with Gasteiger partial charge in [-0.2, -0.15) is 0 Å². The van der Waals surface area contributed by atoms with Crippen molar-refractivity contribution in [2.45, 2.75) is 6.92 Å². The molecule has 5 aromatic rings. The van der Waals surface area contributed by atoms with Crippen molar-refractivity contribution in [3.63, 3.8) is 0 Å². The van der Waals surface area contributed by atoms with Gasteiger partial charge in [0, 0.05) is 66.0 Å². The molecule has 3 N–H and O–H groups in total. The van der Waals surface area contributed by atoms with E-state index in [-0.39, 0.29) is 11.9 Å². The molecule has 0 aliphatic carbocycles. The van der Waals surface area contributed by atoms with Crippen LogP contribution in [0.25, 0.3) is 33.4 Å². The van der Waals surface area contributed by atoms with Gasteiger partial charge in [0.25, 0.3) is 0 Å². The van der Waals surface area contributed by atoms with E-state index in [0.29, 0.717) is 36.1 Å². The summed E-state index contributed by atoms with van der Waals surface area (Å²) in [7, 11) is 0. The van der Waals surface area contributed by atoms with Crippen LogP contribution >= 0.6 is 0 Å². The van der Waals surface area contributed by atoms with Gasteiger partial charge in [-0.15, -0.1) is 0 Å². The molecule has 0 unspecified atom stereocenters. The first-order chi connectivity index (χ1) is 20.5. The summed E-state index contributed by atoms with van der Waals surface area (Å²) in [5, 5.41) is 9.32. The van der Waals surface area contributed by atoms with Crippen LogP contribution in [0, 0.1) is 0 Å². The van der Waals surface area contributed by atoms with E-state index in [9.17, 15) is 9.59 Å². The lowest BCUT2D eigenvalue weighted by Gasteiger charge is -2.29. The number of carbonyl (C=O) groups excluding carboxylic acids is 2. The van der Waals surface area contributed by atoms with Crippen molar-refractivity contribution in [1.29, 1.82) is 0 Å². The highest BCUT2D eigenvalue weighted by atomic mass is 16.5. The maximum atomic E-state index is 12.6. The summed E-state index contributed by atoms with van der Waals surface area (Å²) in [6.07, 6.45) is 3.60. The lowest BCUT2D eigenvalue weighted by molar-refractivity contribution is -0.114. The molecule has 1 fully saturated rings. The summed E-state index contributed by atoms with van der Waals surface area (Å²) < 4.78 is 5.58. The monoisotopic (exact) mass is 559 g/mol. The Morgan fingerprint density at radius 3 is 2.05 bits per heavy atom. The minimum atomic E-state index is -0.380. The number of benzene rings is 3. The SMILES string of the molecule is CC(=O)Nc1ccc(NC(=O)Nc2ccc(-c3nc(N4CCOCC4)c4ccc(-c5cccnc5)cc4n3)cc2)cc1. The summed E-state index contributed by atoms with van der Waals surface area (Å²) in [6, 6.07) is 24.1. The number of amides is 3. The summed E-state index contributed by atoms with van der Waals surface area (Å²) in [5.41, 5.74) is 5.60. The van der Waals surface area contributed by atoms with E-state index in [0.717, 1.165) is 46.5 Å². The third-order valence-electron chi connectivity index (χ3n) is 6.85. The van der Waals surface area contributed by atoms with Crippen molar-refractivity contribution in [3.8, 4) is 22.5 Å². The zero-order chi connectivity index (χ0) is 28.9. The van der Waals surface area contributed by atoms with Crippen molar-refractivity contribution >= 4 is 45.7 Å². The minimum absolute atomic E-state index is 0.155. The fourth-order valence-electron chi connectivity index (χ4n) is 4.81. The van der Waals surface area contributed by atoms with Gasteiger partial charge in [-0.25, -0.2) is 14.8 Å². The zero-order valence-electron chi connectivity index (χ0n) is 23.0. The van der Waals surface area contributed by atoms with Gasteiger partial charge < -0.3 is 25.6 Å². The van der Waals surface area contributed by atoms with Crippen LogP contribution in [0.15, 0.2) is 91.3 Å². The number of urea groups is 1. The Morgan fingerprint density at radius 2 is 1.40 bits per heavy atom. The number of ether oxygens (including phenoxy) is 1. The maximum absolute atomic E-state index is 12.6. The molecule has 2 aromatic heterocycles. The van der Waals surface area contributed by atoms with Gasteiger partial charge in [-0.05, 0) is 72.3 Å². The lowest BCUT2D eigenvalue weighted by Crippen LogP contribution is -2.37. The molecule has 3 aromatic carbocycles. The highest BCUT2D eigenvalue weighted by Gasteiger charge is 2.19. The van der Waals surface area contributed by atoms with Crippen LogP contribution in [0.3, 0.4) is 0 Å². The molecule has 1 aliphatic rings. The van der Waals surface area contributed by atoms with E-state index in [2.05, 4.69) is 44.0 Å². The van der Waals surface area contributed by atoms with Gasteiger partial charge in [0.1, 0.15) is 5.82 Å². The van der Waals surface area contributed by atoms with Gasteiger partial charge >= 0.3 is 6.03 Å². The largest absolute Gasteiger partial charge is 0.378 e. The Bertz CT molecular complexity index is 1720. The molecule has 10 heteroatoms. The van der Waals surface area contributed by atoms with E-state index in [4.69, 9.17) is 14.7 Å². The predicted molar refractivity (Wildman–Crippen MR) is 165 cm³/mol. The van der Waals surface area contributed by atoms with Gasteiger partial charge in [0.05, 0.1) is 18.7 Å². The van der Waals surface area contributed by atoms with Crippen LogP contribution in [0.4, 0.5) is 27.7 Å². The highest BCUT2D eigenvalue weighted by Crippen LogP contribution is 2.31. The summed E-state index contributed by atoms with van der Waals surface area (Å²) in [6.45, 7) is 4.25. The Kier molecular flexibility index (Phi) is 7.69. The summed E-state index contributed by atoms with van der Waals surface area (Å²) >= 11 is 0. The zero-order valence-corrected chi connectivity index (χ0v) is 23.0. The average Bonchev–Trinajstić information content (AvgIpc) is 3.02. The van der Waals surface area contributed by atoms with Gasteiger partial charge in [0.2, 0.25) is 5.91 Å². The van der Waals surface area contributed by atoms with Crippen molar-refractivity contribution in [2.24, 2.45) is 0 Å².